The van der Waals surface area contributed by atoms with Crippen LogP contribution >= 0.6 is 15.9 Å². The van der Waals surface area contributed by atoms with E-state index in [1.54, 1.807) is 6.07 Å². The summed E-state index contributed by atoms with van der Waals surface area (Å²) in [5, 5.41) is 0. The van der Waals surface area contributed by atoms with Gasteiger partial charge in [0.05, 0.1) is 12.2 Å². The number of carbonyl (C=O) groups is 1. The second-order valence-electron chi connectivity index (χ2n) is 3.79. The predicted octanol–water partition coefficient (Wildman–Crippen LogP) is 4.39. The Morgan fingerprint density at radius 2 is 2.12 bits per heavy atom. The molecule has 0 atom stereocenters. The van der Waals surface area contributed by atoms with Gasteiger partial charge in [0.15, 0.2) is 6.29 Å². The summed E-state index contributed by atoms with van der Waals surface area (Å²) < 4.78 is 6.52. The summed E-state index contributed by atoms with van der Waals surface area (Å²) in [6, 6.07) is 5.41. The molecule has 0 fully saturated rings. The molecule has 0 aliphatic rings. The van der Waals surface area contributed by atoms with Gasteiger partial charge < -0.3 is 4.74 Å². The number of unbranched alkanes of at least 4 members (excludes halogenated alkanes) is 3. The molecule has 2 nitrogen and oxygen atoms in total. The van der Waals surface area contributed by atoms with Gasteiger partial charge in [0.25, 0.3) is 0 Å². The van der Waals surface area contributed by atoms with Gasteiger partial charge in [-0.25, -0.2) is 0 Å². The monoisotopic (exact) mass is 296 g/mol. The second-order valence-corrected chi connectivity index (χ2v) is 4.70. The Morgan fingerprint density at radius 1 is 1.29 bits per heavy atom. The average molecular weight is 297 g/mol. The second kappa shape index (κ2) is 8.07. The Labute approximate surface area is 111 Å². The van der Waals surface area contributed by atoms with Crippen molar-refractivity contribution in [2.45, 2.75) is 25.7 Å². The van der Waals surface area contributed by atoms with E-state index in [0.717, 1.165) is 36.4 Å². The molecule has 0 bridgehead atoms. The van der Waals surface area contributed by atoms with Crippen LogP contribution < -0.4 is 4.74 Å². The maximum atomic E-state index is 10.8. The molecule has 0 aliphatic heterocycles. The summed E-state index contributed by atoms with van der Waals surface area (Å²) in [7, 11) is 0. The number of benzene rings is 1. The molecule has 0 saturated heterocycles. The summed E-state index contributed by atoms with van der Waals surface area (Å²) in [6.07, 6.45) is 7.07. The number of ether oxygens (including phenoxy) is 1. The number of hydrogen-bond donors (Lipinski definition) is 0. The minimum absolute atomic E-state index is 0.597. The first kappa shape index (κ1) is 14.0. The third-order valence-corrected chi connectivity index (χ3v) is 2.91. The molecule has 1 rings (SSSR count). The van der Waals surface area contributed by atoms with E-state index in [0.29, 0.717) is 17.9 Å². The normalized spacial score (nSPS) is 9.94. The van der Waals surface area contributed by atoms with Crippen molar-refractivity contribution in [1.82, 2.24) is 0 Å². The molecular weight excluding hydrogens is 280 g/mol. The highest BCUT2D eigenvalue weighted by Crippen LogP contribution is 2.22. The first-order valence-corrected chi connectivity index (χ1v) is 6.55. The van der Waals surface area contributed by atoms with Crippen LogP contribution in [0.3, 0.4) is 0 Å². The largest absolute Gasteiger partial charge is 0.493 e. The highest BCUT2D eigenvalue weighted by atomic mass is 79.9. The summed E-state index contributed by atoms with van der Waals surface area (Å²) in [5.41, 5.74) is 0.597. The Morgan fingerprint density at radius 3 is 2.82 bits per heavy atom. The Kier molecular flexibility index (Phi) is 6.63. The summed E-state index contributed by atoms with van der Waals surface area (Å²) in [6.45, 7) is 4.33. The molecule has 17 heavy (non-hydrogen) atoms. The van der Waals surface area contributed by atoms with Crippen molar-refractivity contribution in [2.75, 3.05) is 6.61 Å². The SMILES string of the molecule is C=CCCCCCOc1cc(Br)ccc1C=O. The third kappa shape index (κ3) is 5.18. The van der Waals surface area contributed by atoms with Crippen molar-refractivity contribution in [3.05, 3.63) is 40.9 Å². The van der Waals surface area contributed by atoms with Gasteiger partial charge in [-0.3, -0.25) is 4.79 Å². The van der Waals surface area contributed by atoms with Crippen molar-refractivity contribution >= 4 is 22.2 Å². The van der Waals surface area contributed by atoms with Gasteiger partial charge in [-0.1, -0.05) is 22.0 Å². The van der Waals surface area contributed by atoms with E-state index in [1.165, 1.54) is 0 Å². The molecule has 0 spiro atoms. The zero-order valence-corrected chi connectivity index (χ0v) is 11.4. The topological polar surface area (TPSA) is 26.3 Å². The van der Waals surface area contributed by atoms with Gasteiger partial charge in [-0.15, -0.1) is 6.58 Å². The van der Waals surface area contributed by atoms with Crippen molar-refractivity contribution < 1.29 is 9.53 Å². The van der Waals surface area contributed by atoms with Crippen LogP contribution in [0.25, 0.3) is 0 Å². The van der Waals surface area contributed by atoms with Gasteiger partial charge in [-0.2, -0.15) is 0 Å². The maximum Gasteiger partial charge on any atom is 0.153 e. The molecule has 0 saturated carbocycles. The quantitative estimate of drug-likeness (QED) is 0.404. The first-order chi connectivity index (χ1) is 8.27. The minimum atomic E-state index is 0.597. The molecule has 0 heterocycles. The minimum Gasteiger partial charge on any atom is -0.493 e. The van der Waals surface area contributed by atoms with Gasteiger partial charge >= 0.3 is 0 Å². The standard InChI is InChI=1S/C14H17BrO2/c1-2-3-4-5-6-9-17-14-10-13(15)8-7-12(14)11-16/h2,7-8,10-11H,1,3-6,9H2. The van der Waals surface area contributed by atoms with E-state index in [2.05, 4.69) is 22.5 Å². The zero-order chi connectivity index (χ0) is 12.5. The van der Waals surface area contributed by atoms with Gasteiger partial charge in [-0.05, 0) is 43.9 Å². The van der Waals surface area contributed by atoms with Crippen molar-refractivity contribution in [3.8, 4) is 5.75 Å². The third-order valence-electron chi connectivity index (χ3n) is 2.41. The van der Waals surface area contributed by atoms with Crippen molar-refractivity contribution in [2.24, 2.45) is 0 Å². The zero-order valence-electron chi connectivity index (χ0n) is 9.82. The van der Waals surface area contributed by atoms with Gasteiger partial charge in [0, 0.05) is 4.47 Å². The van der Waals surface area contributed by atoms with Crippen LogP contribution in [-0.4, -0.2) is 12.9 Å². The van der Waals surface area contributed by atoms with Crippen LogP contribution in [0.4, 0.5) is 0 Å². The number of halogens is 1. The Balaban J connectivity index is 2.37. The van der Waals surface area contributed by atoms with Crippen molar-refractivity contribution in [1.29, 1.82) is 0 Å². The number of hydrogen-bond acceptors (Lipinski definition) is 2. The summed E-state index contributed by atoms with van der Waals surface area (Å²) >= 11 is 3.36. The van der Waals surface area contributed by atoms with Crippen LogP contribution in [0.1, 0.15) is 36.0 Å². The van der Waals surface area contributed by atoms with Crippen LogP contribution in [0, 0.1) is 0 Å². The smallest absolute Gasteiger partial charge is 0.153 e. The van der Waals surface area contributed by atoms with Crippen LogP contribution in [0.2, 0.25) is 0 Å². The Bertz CT molecular complexity index is 374. The van der Waals surface area contributed by atoms with E-state index in [1.807, 2.05) is 18.2 Å². The lowest BCUT2D eigenvalue weighted by Gasteiger charge is -2.08. The average Bonchev–Trinajstić information content (AvgIpc) is 2.34. The molecule has 3 heteroatoms. The lowest BCUT2D eigenvalue weighted by atomic mass is 10.2. The number of rotatable bonds is 8. The number of aldehydes is 1. The van der Waals surface area contributed by atoms with E-state index < -0.39 is 0 Å². The highest BCUT2D eigenvalue weighted by Gasteiger charge is 2.03. The summed E-state index contributed by atoms with van der Waals surface area (Å²) in [4.78, 5) is 10.8. The van der Waals surface area contributed by atoms with Gasteiger partial charge in [0.1, 0.15) is 5.75 Å². The van der Waals surface area contributed by atoms with E-state index in [9.17, 15) is 4.79 Å². The van der Waals surface area contributed by atoms with E-state index in [-0.39, 0.29) is 0 Å². The van der Waals surface area contributed by atoms with Crippen LogP contribution in [0.15, 0.2) is 35.3 Å². The lowest BCUT2D eigenvalue weighted by molar-refractivity contribution is 0.111. The number of carbonyl (C=O) groups excluding carboxylic acids is 1. The fourth-order valence-electron chi connectivity index (χ4n) is 1.48. The maximum absolute atomic E-state index is 10.8. The molecule has 0 aliphatic carbocycles. The Hall–Kier alpha value is -1.09. The van der Waals surface area contributed by atoms with Crippen LogP contribution in [0.5, 0.6) is 5.75 Å². The summed E-state index contributed by atoms with van der Waals surface area (Å²) in [5.74, 6) is 0.651. The molecule has 0 aromatic heterocycles. The molecule has 0 amide bonds. The number of allylic oxidation sites excluding steroid dienone is 1. The fourth-order valence-corrected chi connectivity index (χ4v) is 1.82. The molecule has 1 aromatic carbocycles. The molecule has 92 valence electrons. The lowest BCUT2D eigenvalue weighted by Crippen LogP contribution is -2.00. The van der Waals surface area contributed by atoms with Crippen molar-refractivity contribution in [3.63, 3.8) is 0 Å². The predicted molar refractivity (Wildman–Crippen MR) is 73.7 cm³/mol. The van der Waals surface area contributed by atoms with E-state index in [4.69, 9.17) is 4.74 Å². The van der Waals surface area contributed by atoms with Crippen LogP contribution in [-0.2, 0) is 0 Å². The first-order valence-electron chi connectivity index (χ1n) is 5.76. The van der Waals surface area contributed by atoms with E-state index >= 15 is 0 Å². The molecule has 1 aromatic rings. The highest BCUT2D eigenvalue weighted by molar-refractivity contribution is 9.10. The van der Waals surface area contributed by atoms with Gasteiger partial charge in [0.2, 0.25) is 0 Å². The molecule has 0 unspecified atom stereocenters. The molecule has 0 N–H and O–H groups in total. The molecule has 0 radical (unpaired) electrons. The fraction of sp³-hybridized carbons (Fsp3) is 0.357. The molecular formula is C14H17BrO2.